The molecule has 0 bridgehead atoms. The number of nitrogens with two attached hydrogens (primary N) is 1. The summed E-state index contributed by atoms with van der Waals surface area (Å²) in [6, 6.07) is 16.5. The number of ether oxygens (including phenoxy) is 1. The lowest BCUT2D eigenvalue weighted by Crippen LogP contribution is -2.34. The predicted octanol–water partition coefficient (Wildman–Crippen LogP) is 5.19. The predicted molar refractivity (Wildman–Crippen MR) is 108 cm³/mol. The Morgan fingerprint density at radius 3 is 2.34 bits per heavy atom. The van der Waals surface area contributed by atoms with Crippen LogP contribution in [-0.4, -0.2) is 36.4 Å². The normalized spacial score (nSPS) is 11.7. The third-order valence-electron chi connectivity index (χ3n) is 4.51. The monoisotopic (exact) mass is 423 g/mol. The second-order valence-corrected chi connectivity index (χ2v) is 7.38. The standard InChI is InChI=1S/C21H21ClF3N3O/c22-17-7-15(10-29-14-21(11-23,12-24)13-25)6-16(8-17)19-9-20(26)27-28(19)18-4-2-1-3-5-18/h1-9H,10-14H2,(H2,26,27). The van der Waals surface area contributed by atoms with Crippen molar-refractivity contribution in [2.75, 3.05) is 32.4 Å². The lowest BCUT2D eigenvalue weighted by atomic mass is 9.95. The molecule has 2 N–H and O–H groups in total. The smallest absolute Gasteiger partial charge is 0.146 e. The molecule has 3 rings (SSSR count). The average molecular weight is 424 g/mol. The highest BCUT2D eigenvalue weighted by molar-refractivity contribution is 6.31. The van der Waals surface area contributed by atoms with E-state index >= 15 is 0 Å². The van der Waals surface area contributed by atoms with Gasteiger partial charge in [-0.2, -0.15) is 5.10 Å². The van der Waals surface area contributed by atoms with Crippen molar-refractivity contribution in [2.45, 2.75) is 6.61 Å². The third kappa shape index (κ3) is 4.92. The van der Waals surface area contributed by atoms with Crippen LogP contribution in [0.4, 0.5) is 19.0 Å². The molecule has 0 atom stereocenters. The van der Waals surface area contributed by atoms with Gasteiger partial charge in [-0.3, -0.25) is 13.2 Å². The first-order chi connectivity index (χ1) is 14.0. The van der Waals surface area contributed by atoms with Gasteiger partial charge in [0.05, 0.1) is 30.0 Å². The van der Waals surface area contributed by atoms with Crippen LogP contribution < -0.4 is 5.73 Å². The largest absolute Gasteiger partial charge is 0.382 e. The van der Waals surface area contributed by atoms with Crippen molar-refractivity contribution in [2.24, 2.45) is 5.41 Å². The molecule has 154 valence electrons. The van der Waals surface area contributed by atoms with E-state index in [-0.39, 0.29) is 13.2 Å². The van der Waals surface area contributed by atoms with Crippen molar-refractivity contribution in [1.29, 1.82) is 0 Å². The van der Waals surface area contributed by atoms with Crippen LogP contribution in [0.1, 0.15) is 5.56 Å². The summed E-state index contributed by atoms with van der Waals surface area (Å²) in [7, 11) is 0. The number of halogens is 4. The lowest BCUT2D eigenvalue weighted by Gasteiger charge is -2.23. The highest BCUT2D eigenvalue weighted by Gasteiger charge is 2.31. The van der Waals surface area contributed by atoms with Gasteiger partial charge in [0.2, 0.25) is 0 Å². The molecular formula is C21H21ClF3N3O. The van der Waals surface area contributed by atoms with Gasteiger partial charge in [-0.05, 0) is 35.9 Å². The molecule has 0 saturated carbocycles. The minimum Gasteiger partial charge on any atom is -0.382 e. The van der Waals surface area contributed by atoms with Gasteiger partial charge in [0, 0.05) is 16.7 Å². The molecule has 0 aliphatic rings. The number of rotatable bonds is 9. The van der Waals surface area contributed by atoms with E-state index in [2.05, 4.69) is 5.10 Å². The number of alkyl halides is 3. The van der Waals surface area contributed by atoms with Crippen LogP contribution in [0.25, 0.3) is 16.9 Å². The van der Waals surface area contributed by atoms with Gasteiger partial charge in [-0.15, -0.1) is 0 Å². The zero-order valence-electron chi connectivity index (χ0n) is 15.6. The van der Waals surface area contributed by atoms with Gasteiger partial charge in [-0.1, -0.05) is 29.8 Å². The zero-order chi connectivity index (χ0) is 20.9. The highest BCUT2D eigenvalue weighted by atomic mass is 35.5. The van der Waals surface area contributed by atoms with Gasteiger partial charge in [0.1, 0.15) is 25.8 Å². The first kappa shape index (κ1) is 21.2. The Balaban J connectivity index is 1.85. The van der Waals surface area contributed by atoms with E-state index in [1.54, 1.807) is 22.9 Å². The van der Waals surface area contributed by atoms with E-state index in [9.17, 15) is 13.2 Å². The zero-order valence-corrected chi connectivity index (χ0v) is 16.4. The number of hydrogen-bond donors (Lipinski definition) is 1. The molecule has 8 heteroatoms. The van der Waals surface area contributed by atoms with E-state index in [0.29, 0.717) is 16.4 Å². The minimum absolute atomic E-state index is 0.0320. The fourth-order valence-corrected chi connectivity index (χ4v) is 3.12. The second-order valence-electron chi connectivity index (χ2n) is 6.94. The maximum atomic E-state index is 13.0. The van der Waals surface area contributed by atoms with Crippen LogP contribution in [0.3, 0.4) is 0 Å². The number of nitrogens with zero attached hydrogens (tertiary/aromatic N) is 2. The SMILES string of the molecule is Nc1cc(-c2cc(Cl)cc(COCC(CF)(CF)CF)c2)n(-c2ccccc2)n1. The fourth-order valence-electron chi connectivity index (χ4n) is 2.86. The number of anilines is 1. The molecule has 0 aliphatic heterocycles. The second kappa shape index (κ2) is 9.33. The van der Waals surface area contributed by atoms with Gasteiger partial charge >= 0.3 is 0 Å². The van der Waals surface area contributed by atoms with Crippen LogP contribution in [0.5, 0.6) is 0 Å². The van der Waals surface area contributed by atoms with Crippen LogP contribution in [0, 0.1) is 5.41 Å². The van der Waals surface area contributed by atoms with E-state index < -0.39 is 25.4 Å². The topological polar surface area (TPSA) is 53.1 Å². The minimum atomic E-state index is -1.75. The van der Waals surface area contributed by atoms with Gasteiger partial charge < -0.3 is 10.5 Å². The summed E-state index contributed by atoms with van der Waals surface area (Å²) in [6.07, 6.45) is 0. The van der Waals surface area contributed by atoms with Crippen molar-refractivity contribution in [3.8, 4) is 16.9 Å². The summed E-state index contributed by atoms with van der Waals surface area (Å²) in [5, 5.41) is 4.79. The number of aromatic nitrogens is 2. The molecule has 0 fully saturated rings. The molecule has 0 spiro atoms. The Morgan fingerprint density at radius 2 is 1.69 bits per heavy atom. The number of nitrogen functional groups attached to an aromatic ring is 1. The molecule has 29 heavy (non-hydrogen) atoms. The molecule has 3 aromatic rings. The number of hydrogen-bond acceptors (Lipinski definition) is 3. The van der Waals surface area contributed by atoms with Crippen molar-refractivity contribution in [1.82, 2.24) is 9.78 Å². The van der Waals surface area contributed by atoms with Crippen molar-refractivity contribution in [3.63, 3.8) is 0 Å². The molecule has 0 unspecified atom stereocenters. The molecule has 0 aliphatic carbocycles. The molecule has 1 aromatic heterocycles. The molecule has 0 amide bonds. The quantitative estimate of drug-likeness (QED) is 0.515. The molecular weight excluding hydrogens is 403 g/mol. The Morgan fingerprint density at radius 1 is 1.00 bits per heavy atom. The molecule has 0 radical (unpaired) electrons. The molecule has 4 nitrogen and oxygen atoms in total. The Labute approximate surface area is 172 Å². The van der Waals surface area contributed by atoms with Crippen molar-refractivity contribution in [3.05, 3.63) is 65.2 Å². The lowest BCUT2D eigenvalue weighted by molar-refractivity contribution is -0.00963. The van der Waals surface area contributed by atoms with Crippen molar-refractivity contribution >= 4 is 17.4 Å². The van der Waals surface area contributed by atoms with E-state index in [1.807, 2.05) is 36.4 Å². The first-order valence-corrected chi connectivity index (χ1v) is 9.34. The maximum absolute atomic E-state index is 13.0. The summed E-state index contributed by atoms with van der Waals surface area (Å²) >= 11 is 6.26. The summed E-state index contributed by atoms with van der Waals surface area (Å²) in [4.78, 5) is 0. The summed E-state index contributed by atoms with van der Waals surface area (Å²) in [5.74, 6) is 0.347. The Kier molecular flexibility index (Phi) is 6.82. The highest BCUT2D eigenvalue weighted by Crippen LogP contribution is 2.29. The van der Waals surface area contributed by atoms with Crippen molar-refractivity contribution < 1.29 is 17.9 Å². The first-order valence-electron chi connectivity index (χ1n) is 8.97. The molecule has 0 saturated heterocycles. The maximum Gasteiger partial charge on any atom is 0.146 e. The van der Waals surface area contributed by atoms with E-state index in [0.717, 1.165) is 16.9 Å². The molecule has 1 heterocycles. The van der Waals surface area contributed by atoms with Crippen LogP contribution in [-0.2, 0) is 11.3 Å². The van der Waals surface area contributed by atoms with Gasteiger partial charge in [0.15, 0.2) is 0 Å². The van der Waals surface area contributed by atoms with Gasteiger partial charge in [0.25, 0.3) is 0 Å². The fraction of sp³-hybridized carbons (Fsp3) is 0.286. The van der Waals surface area contributed by atoms with E-state index in [4.69, 9.17) is 22.1 Å². The number of para-hydroxylation sites is 1. The third-order valence-corrected chi connectivity index (χ3v) is 4.73. The summed E-state index contributed by atoms with van der Waals surface area (Å²) in [5.41, 5.74) is 7.14. The van der Waals surface area contributed by atoms with E-state index in [1.165, 1.54) is 0 Å². The molecule has 2 aromatic carbocycles. The average Bonchev–Trinajstić information content (AvgIpc) is 3.14. The van der Waals surface area contributed by atoms with Crippen LogP contribution >= 0.6 is 11.6 Å². The van der Waals surface area contributed by atoms with Crippen LogP contribution in [0.15, 0.2) is 54.6 Å². The Hall–Kier alpha value is -2.51. The summed E-state index contributed by atoms with van der Waals surface area (Å²) in [6.45, 7) is -3.72. The van der Waals surface area contributed by atoms with Crippen LogP contribution in [0.2, 0.25) is 5.02 Å². The van der Waals surface area contributed by atoms with Gasteiger partial charge in [-0.25, -0.2) is 4.68 Å². The Bertz CT molecular complexity index is 937. The number of benzene rings is 2. The summed E-state index contributed by atoms with van der Waals surface area (Å²) < 4.78 is 46.1.